The van der Waals surface area contributed by atoms with Crippen molar-refractivity contribution in [3.8, 4) is 0 Å². The van der Waals surface area contributed by atoms with Crippen molar-refractivity contribution in [3.63, 3.8) is 0 Å². The number of piperazine rings is 1. The van der Waals surface area contributed by atoms with E-state index in [-0.39, 0.29) is 30.1 Å². The first-order valence-corrected chi connectivity index (χ1v) is 8.17. The number of likely N-dealkylation sites (tertiary alicyclic amines) is 2. The Balaban J connectivity index is 1.78. The SMILES string of the molecule is CC(c1cccc(C(F)(F)F)c1)N1C(=O)C2CC1CN2C[C@@H](C)N. The first kappa shape index (κ1) is 17.2. The van der Waals surface area contributed by atoms with Gasteiger partial charge in [0, 0.05) is 25.2 Å². The molecule has 0 aliphatic carbocycles. The van der Waals surface area contributed by atoms with Crippen molar-refractivity contribution in [1.29, 1.82) is 0 Å². The summed E-state index contributed by atoms with van der Waals surface area (Å²) in [6.45, 7) is 5.10. The molecular formula is C17H22F3N3O. The Bertz CT molecular complexity index is 632. The van der Waals surface area contributed by atoms with Gasteiger partial charge in [0.2, 0.25) is 5.91 Å². The molecule has 3 unspecified atom stereocenters. The number of rotatable bonds is 4. The van der Waals surface area contributed by atoms with Crippen molar-refractivity contribution in [3.05, 3.63) is 35.4 Å². The van der Waals surface area contributed by atoms with Crippen LogP contribution in [0.5, 0.6) is 0 Å². The van der Waals surface area contributed by atoms with E-state index in [1.807, 2.05) is 6.92 Å². The first-order chi connectivity index (χ1) is 11.2. The molecule has 2 fully saturated rings. The first-order valence-electron chi connectivity index (χ1n) is 8.17. The lowest BCUT2D eigenvalue weighted by molar-refractivity contribution is -0.139. The summed E-state index contributed by atoms with van der Waals surface area (Å²) >= 11 is 0. The third-order valence-electron chi connectivity index (χ3n) is 4.95. The second-order valence-electron chi connectivity index (χ2n) is 6.88. The Morgan fingerprint density at radius 3 is 2.62 bits per heavy atom. The highest BCUT2D eigenvalue weighted by Gasteiger charge is 2.51. The van der Waals surface area contributed by atoms with Crippen LogP contribution in [0.1, 0.15) is 37.4 Å². The van der Waals surface area contributed by atoms with Crippen molar-refractivity contribution in [1.82, 2.24) is 9.80 Å². The van der Waals surface area contributed by atoms with E-state index in [1.165, 1.54) is 6.07 Å². The number of nitrogens with two attached hydrogens (primary N) is 1. The molecule has 4 atom stereocenters. The maximum Gasteiger partial charge on any atom is 0.416 e. The van der Waals surface area contributed by atoms with E-state index in [9.17, 15) is 18.0 Å². The van der Waals surface area contributed by atoms with Gasteiger partial charge in [-0.2, -0.15) is 13.2 Å². The number of carbonyl (C=O) groups excluding carboxylic acids is 1. The lowest BCUT2D eigenvalue weighted by atomic mass is 10.0. The van der Waals surface area contributed by atoms with Gasteiger partial charge in [0.15, 0.2) is 0 Å². The third-order valence-corrected chi connectivity index (χ3v) is 4.95. The maximum atomic E-state index is 12.9. The van der Waals surface area contributed by atoms with E-state index in [4.69, 9.17) is 5.73 Å². The smallest absolute Gasteiger partial charge is 0.330 e. The largest absolute Gasteiger partial charge is 0.416 e. The van der Waals surface area contributed by atoms with Crippen LogP contribution >= 0.6 is 0 Å². The van der Waals surface area contributed by atoms with Gasteiger partial charge in [-0.15, -0.1) is 0 Å². The zero-order valence-corrected chi connectivity index (χ0v) is 13.8. The number of halogens is 3. The predicted octanol–water partition coefficient (Wildman–Crippen LogP) is 2.40. The molecule has 1 amide bonds. The van der Waals surface area contributed by atoms with E-state index in [1.54, 1.807) is 17.9 Å². The summed E-state index contributed by atoms with van der Waals surface area (Å²) in [5.41, 5.74) is 5.66. The van der Waals surface area contributed by atoms with Gasteiger partial charge in [-0.1, -0.05) is 12.1 Å². The second-order valence-corrected chi connectivity index (χ2v) is 6.88. The standard InChI is InChI=1S/C17H22F3N3O/c1-10(21)8-22-9-14-7-15(22)16(24)23(14)11(2)12-4-3-5-13(6-12)17(18,19)20/h3-6,10-11,14-15H,7-9,21H2,1-2H3/t10-,11?,14?,15?/m1/s1. The Morgan fingerprint density at radius 1 is 1.33 bits per heavy atom. The molecule has 7 heteroatoms. The molecular weight excluding hydrogens is 319 g/mol. The van der Waals surface area contributed by atoms with Crippen molar-refractivity contribution in [2.24, 2.45) is 5.73 Å². The van der Waals surface area contributed by atoms with Gasteiger partial charge in [0.05, 0.1) is 17.6 Å². The fourth-order valence-electron chi connectivity index (χ4n) is 3.90. The predicted molar refractivity (Wildman–Crippen MR) is 84.1 cm³/mol. The third kappa shape index (κ3) is 3.02. The lowest BCUT2D eigenvalue weighted by Gasteiger charge is -2.38. The number of hydrogen-bond donors (Lipinski definition) is 1. The van der Waals surface area contributed by atoms with E-state index >= 15 is 0 Å². The van der Waals surface area contributed by atoms with E-state index in [0.29, 0.717) is 12.1 Å². The summed E-state index contributed by atoms with van der Waals surface area (Å²) in [6.07, 6.45) is -3.65. The quantitative estimate of drug-likeness (QED) is 0.915. The second kappa shape index (κ2) is 6.04. The zero-order chi connectivity index (χ0) is 17.6. The fourth-order valence-corrected chi connectivity index (χ4v) is 3.90. The van der Waals surface area contributed by atoms with E-state index in [0.717, 1.165) is 25.1 Å². The molecule has 1 aromatic rings. The molecule has 24 heavy (non-hydrogen) atoms. The highest BCUT2D eigenvalue weighted by atomic mass is 19.4. The summed E-state index contributed by atoms with van der Waals surface area (Å²) in [7, 11) is 0. The number of benzene rings is 1. The molecule has 0 aromatic heterocycles. The van der Waals surface area contributed by atoms with Crippen LogP contribution < -0.4 is 5.73 Å². The average molecular weight is 341 g/mol. The Morgan fingerprint density at radius 2 is 2.04 bits per heavy atom. The summed E-state index contributed by atoms with van der Waals surface area (Å²) in [6, 6.07) is 4.73. The molecule has 1 aromatic carbocycles. The Labute approximate surface area is 139 Å². The number of hydrogen-bond acceptors (Lipinski definition) is 3. The van der Waals surface area contributed by atoms with Crippen LogP contribution in [0.25, 0.3) is 0 Å². The number of fused-ring (bicyclic) bond motifs is 2. The maximum absolute atomic E-state index is 12.9. The number of nitrogens with zero attached hydrogens (tertiary/aromatic N) is 2. The molecule has 4 nitrogen and oxygen atoms in total. The monoisotopic (exact) mass is 341 g/mol. The summed E-state index contributed by atoms with van der Waals surface area (Å²) in [4.78, 5) is 16.5. The highest BCUT2D eigenvalue weighted by Crippen LogP contribution is 2.39. The molecule has 0 radical (unpaired) electrons. The molecule has 2 bridgehead atoms. The van der Waals surface area contributed by atoms with Crippen LogP contribution in [-0.4, -0.2) is 46.9 Å². The van der Waals surface area contributed by atoms with Crippen molar-refractivity contribution < 1.29 is 18.0 Å². The van der Waals surface area contributed by atoms with Gasteiger partial charge in [-0.3, -0.25) is 9.69 Å². The van der Waals surface area contributed by atoms with Gasteiger partial charge in [-0.25, -0.2) is 0 Å². The lowest BCUT2D eigenvalue weighted by Crippen LogP contribution is -2.53. The van der Waals surface area contributed by atoms with Gasteiger partial charge in [0.25, 0.3) is 0 Å². The van der Waals surface area contributed by atoms with Crippen molar-refractivity contribution >= 4 is 5.91 Å². The molecule has 0 saturated carbocycles. The zero-order valence-electron chi connectivity index (χ0n) is 13.8. The normalized spacial score (nSPS) is 26.9. The van der Waals surface area contributed by atoms with Gasteiger partial charge >= 0.3 is 6.18 Å². The van der Waals surface area contributed by atoms with Crippen LogP contribution in [0, 0.1) is 0 Å². The van der Waals surface area contributed by atoms with Crippen molar-refractivity contribution in [2.75, 3.05) is 13.1 Å². The van der Waals surface area contributed by atoms with Crippen LogP contribution in [0.3, 0.4) is 0 Å². The molecule has 2 aliphatic heterocycles. The van der Waals surface area contributed by atoms with Gasteiger partial charge in [0.1, 0.15) is 0 Å². The molecule has 132 valence electrons. The minimum absolute atomic E-state index is 0.00295. The Kier molecular flexibility index (Phi) is 4.34. The summed E-state index contributed by atoms with van der Waals surface area (Å²) in [5, 5.41) is 0. The highest BCUT2D eigenvalue weighted by molar-refractivity contribution is 5.86. The van der Waals surface area contributed by atoms with E-state index in [2.05, 4.69) is 4.90 Å². The summed E-state index contributed by atoms with van der Waals surface area (Å²) in [5.74, 6) is -0.00295. The molecule has 2 saturated heterocycles. The van der Waals surface area contributed by atoms with Crippen LogP contribution in [-0.2, 0) is 11.0 Å². The van der Waals surface area contributed by atoms with Crippen LogP contribution in [0.2, 0.25) is 0 Å². The van der Waals surface area contributed by atoms with Gasteiger partial charge in [-0.05, 0) is 38.0 Å². The topological polar surface area (TPSA) is 49.6 Å². The molecule has 0 spiro atoms. The van der Waals surface area contributed by atoms with Crippen LogP contribution in [0.15, 0.2) is 24.3 Å². The van der Waals surface area contributed by atoms with Crippen LogP contribution in [0.4, 0.5) is 13.2 Å². The fraction of sp³-hybridized carbons (Fsp3) is 0.588. The molecule has 2 aliphatic rings. The minimum Gasteiger partial charge on any atom is -0.330 e. The summed E-state index contributed by atoms with van der Waals surface area (Å²) < 4.78 is 38.7. The molecule has 2 heterocycles. The average Bonchev–Trinajstić information content (AvgIpc) is 3.02. The minimum atomic E-state index is -4.38. The Hall–Kier alpha value is -1.60. The van der Waals surface area contributed by atoms with Gasteiger partial charge < -0.3 is 10.6 Å². The number of carbonyl (C=O) groups is 1. The van der Waals surface area contributed by atoms with Crippen molar-refractivity contribution in [2.45, 2.75) is 50.6 Å². The molecule has 3 rings (SSSR count). The van der Waals surface area contributed by atoms with E-state index < -0.39 is 11.7 Å². The number of alkyl halides is 3. The number of amides is 1. The molecule has 2 N–H and O–H groups in total.